The Morgan fingerprint density at radius 3 is 2.84 bits per heavy atom. The van der Waals surface area contributed by atoms with E-state index in [2.05, 4.69) is 19.4 Å². The number of fused-ring (bicyclic) bond motifs is 1. The summed E-state index contributed by atoms with van der Waals surface area (Å²) in [6.07, 6.45) is -1.13. The normalized spacial score (nSPS) is 11.3. The van der Waals surface area contributed by atoms with Crippen LogP contribution in [0.1, 0.15) is 0 Å². The summed E-state index contributed by atoms with van der Waals surface area (Å²) in [5.41, 5.74) is 0.549. The molecule has 0 aliphatic heterocycles. The summed E-state index contributed by atoms with van der Waals surface area (Å²) >= 11 is 6.93. The van der Waals surface area contributed by atoms with Gasteiger partial charge in [0.05, 0.1) is 4.90 Å². The van der Waals surface area contributed by atoms with E-state index < -0.39 is 30.7 Å². The van der Waals surface area contributed by atoms with Crippen LogP contribution in [0.5, 0.6) is 5.88 Å². The minimum absolute atomic E-state index is 0.241. The summed E-state index contributed by atoms with van der Waals surface area (Å²) in [5.74, 6) is -2.92. The first kappa shape index (κ1) is 17.7. The molecule has 2 heterocycles. The van der Waals surface area contributed by atoms with Gasteiger partial charge in [-0.25, -0.2) is 13.2 Å². The van der Waals surface area contributed by atoms with Crippen molar-refractivity contribution >= 4 is 40.1 Å². The smallest absolute Gasteiger partial charge is 0.272 e. The lowest BCUT2D eigenvalue weighted by Crippen LogP contribution is -2.10. The van der Waals surface area contributed by atoms with Crippen molar-refractivity contribution in [3.8, 4) is 5.88 Å². The van der Waals surface area contributed by atoms with Gasteiger partial charge in [0.15, 0.2) is 12.4 Å². The number of halogens is 5. The van der Waals surface area contributed by atoms with Crippen LogP contribution in [-0.4, -0.2) is 23.0 Å². The average molecular weight is 392 g/mol. The van der Waals surface area contributed by atoms with Gasteiger partial charge in [-0.05, 0) is 24.1 Å². The first-order valence-electron chi connectivity index (χ1n) is 6.90. The fourth-order valence-electron chi connectivity index (χ4n) is 2.03. The summed E-state index contributed by atoms with van der Waals surface area (Å²) < 4.78 is 58.9. The number of benzene rings is 1. The second-order valence-corrected chi connectivity index (χ2v) is 6.15. The van der Waals surface area contributed by atoms with E-state index in [1.165, 1.54) is 0 Å². The molecular weight excluding hydrogens is 382 g/mol. The molecule has 2 N–H and O–H groups in total. The molecular formula is C15H10ClF4N3OS. The summed E-state index contributed by atoms with van der Waals surface area (Å²) in [4.78, 5) is 6.95. The van der Waals surface area contributed by atoms with Gasteiger partial charge in [-0.1, -0.05) is 17.7 Å². The van der Waals surface area contributed by atoms with Crippen molar-refractivity contribution in [2.75, 3.05) is 11.3 Å². The van der Waals surface area contributed by atoms with Gasteiger partial charge in [-0.3, -0.25) is 0 Å². The zero-order chi connectivity index (χ0) is 18.0. The van der Waals surface area contributed by atoms with Crippen molar-refractivity contribution in [3.63, 3.8) is 0 Å². The molecule has 0 aliphatic rings. The SMILES string of the molecule is Fc1cc(NSc2c[nH]c3cc(Cl)ccc23)c(F)nc1OCC(F)F. The van der Waals surface area contributed by atoms with Gasteiger partial charge in [-0.15, -0.1) is 0 Å². The predicted molar refractivity (Wildman–Crippen MR) is 88.4 cm³/mol. The molecule has 0 saturated heterocycles. The van der Waals surface area contributed by atoms with Gasteiger partial charge >= 0.3 is 0 Å². The third-order valence-corrected chi connectivity index (χ3v) is 4.23. The average Bonchev–Trinajstić information content (AvgIpc) is 2.95. The number of anilines is 1. The monoisotopic (exact) mass is 391 g/mol. The molecule has 3 aromatic rings. The molecule has 0 amide bonds. The van der Waals surface area contributed by atoms with Crippen molar-refractivity contribution in [2.45, 2.75) is 11.3 Å². The van der Waals surface area contributed by atoms with Crippen molar-refractivity contribution in [3.05, 3.63) is 47.2 Å². The van der Waals surface area contributed by atoms with Crippen molar-refractivity contribution < 1.29 is 22.3 Å². The van der Waals surface area contributed by atoms with Crippen LogP contribution in [0, 0.1) is 11.8 Å². The molecule has 0 fully saturated rings. The van der Waals surface area contributed by atoms with Gasteiger partial charge in [0.1, 0.15) is 5.69 Å². The fourth-order valence-corrected chi connectivity index (χ4v) is 2.97. The third kappa shape index (κ3) is 4.10. The Balaban J connectivity index is 1.75. The number of aromatic nitrogens is 2. The molecule has 0 spiro atoms. The summed E-state index contributed by atoms with van der Waals surface area (Å²) in [7, 11) is 0. The lowest BCUT2D eigenvalue weighted by molar-refractivity contribution is 0.0768. The lowest BCUT2D eigenvalue weighted by Gasteiger charge is -2.09. The van der Waals surface area contributed by atoms with E-state index in [1.54, 1.807) is 24.4 Å². The predicted octanol–water partition coefficient (Wildman–Crippen LogP) is 5.26. The maximum Gasteiger partial charge on any atom is 0.272 e. The summed E-state index contributed by atoms with van der Waals surface area (Å²) in [6.45, 7) is -1.07. The Kier molecular flexibility index (Phi) is 5.24. The van der Waals surface area contributed by atoms with E-state index in [4.69, 9.17) is 11.6 Å². The van der Waals surface area contributed by atoms with E-state index in [0.717, 1.165) is 33.8 Å². The lowest BCUT2D eigenvalue weighted by atomic mass is 10.2. The van der Waals surface area contributed by atoms with Crippen molar-refractivity contribution in [1.82, 2.24) is 9.97 Å². The van der Waals surface area contributed by atoms with E-state index in [-0.39, 0.29) is 5.69 Å². The number of hydrogen-bond acceptors (Lipinski definition) is 4. The van der Waals surface area contributed by atoms with Gasteiger partial charge in [0, 0.05) is 28.2 Å². The Labute approximate surface area is 148 Å². The molecule has 0 atom stereocenters. The second kappa shape index (κ2) is 7.40. The second-order valence-electron chi connectivity index (χ2n) is 4.86. The molecule has 10 heteroatoms. The molecule has 0 unspecified atom stereocenters. The van der Waals surface area contributed by atoms with Crippen LogP contribution in [-0.2, 0) is 0 Å². The molecule has 0 radical (unpaired) electrons. The first-order valence-corrected chi connectivity index (χ1v) is 8.10. The maximum absolute atomic E-state index is 13.9. The number of aromatic amines is 1. The maximum atomic E-state index is 13.9. The largest absolute Gasteiger partial charge is 0.469 e. The number of pyridine rings is 1. The highest BCUT2D eigenvalue weighted by Crippen LogP contribution is 2.31. The highest BCUT2D eigenvalue weighted by Gasteiger charge is 2.15. The molecule has 2 aromatic heterocycles. The molecule has 3 rings (SSSR count). The van der Waals surface area contributed by atoms with Crippen LogP contribution in [0.3, 0.4) is 0 Å². The molecule has 1 aromatic carbocycles. The van der Waals surface area contributed by atoms with E-state index in [9.17, 15) is 17.6 Å². The first-order chi connectivity index (χ1) is 11.9. The Morgan fingerprint density at radius 1 is 1.28 bits per heavy atom. The van der Waals surface area contributed by atoms with Crippen LogP contribution in [0.25, 0.3) is 10.9 Å². The zero-order valence-corrected chi connectivity index (χ0v) is 13.9. The number of rotatable bonds is 6. The van der Waals surface area contributed by atoms with Gasteiger partial charge in [0.2, 0.25) is 5.95 Å². The minimum Gasteiger partial charge on any atom is -0.469 e. The highest BCUT2D eigenvalue weighted by atomic mass is 35.5. The molecule has 0 bridgehead atoms. The number of nitrogens with one attached hydrogen (secondary N) is 2. The van der Waals surface area contributed by atoms with E-state index in [1.807, 2.05) is 0 Å². The third-order valence-electron chi connectivity index (χ3n) is 3.12. The number of nitrogens with zero attached hydrogens (tertiary/aromatic N) is 1. The molecule has 25 heavy (non-hydrogen) atoms. The summed E-state index contributed by atoms with van der Waals surface area (Å²) in [5, 5.41) is 1.41. The Morgan fingerprint density at radius 2 is 2.08 bits per heavy atom. The topological polar surface area (TPSA) is 49.9 Å². The Hall–Kier alpha value is -2.13. The van der Waals surface area contributed by atoms with Crippen LogP contribution in [0.2, 0.25) is 5.02 Å². The minimum atomic E-state index is -2.81. The van der Waals surface area contributed by atoms with Gasteiger partial charge in [0.25, 0.3) is 12.3 Å². The van der Waals surface area contributed by atoms with E-state index >= 15 is 0 Å². The number of ether oxygens (including phenoxy) is 1. The zero-order valence-electron chi connectivity index (χ0n) is 12.3. The quantitative estimate of drug-likeness (QED) is 0.342. The van der Waals surface area contributed by atoms with Crippen molar-refractivity contribution in [1.29, 1.82) is 0 Å². The number of alkyl halides is 2. The molecule has 132 valence electrons. The van der Waals surface area contributed by atoms with Crippen LogP contribution in [0.4, 0.5) is 23.2 Å². The van der Waals surface area contributed by atoms with Gasteiger partial charge in [-0.2, -0.15) is 9.37 Å². The van der Waals surface area contributed by atoms with E-state index in [0.29, 0.717) is 5.02 Å². The molecule has 0 saturated carbocycles. The fraction of sp³-hybridized carbons (Fsp3) is 0.133. The standard InChI is InChI=1S/C15H10ClF4N3OS/c16-7-1-2-8-10(3-7)21-5-12(8)25-23-11-4-9(17)15(22-14(11)20)24-6-13(18)19/h1-5,13,21,23H,6H2. The number of hydrogen-bond donors (Lipinski definition) is 2. The van der Waals surface area contributed by atoms with Gasteiger partial charge < -0.3 is 14.4 Å². The van der Waals surface area contributed by atoms with Crippen LogP contribution < -0.4 is 9.46 Å². The number of H-pyrrole nitrogens is 1. The summed E-state index contributed by atoms with van der Waals surface area (Å²) in [6, 6.07) is 6.02. The highest BCUT2D eigenvalue weighted by molar-refractivity contribution is 8.00. The Bertz CT molecular complexity index is 906. The molecule has 0 aliphatic carbocycles. The molecule has 4 nitrogen and oxygen atoms in total. The van der Waals surface area contributed by atoms with Crippen LogP contribution >= 0.6 is 23.5 Å². The van der Waals surface area contributed by atoms with Crippen LogP contribution in [0.15, 0.2) is 35.4 Å². The van der Waals surface area contributed by atoms with Crippen molar-refractivity contribution in [2.24, 2.45) is 0 Å².